The highest BCUT2D eigenvalue weighted by Crippen LogP contribution is 2.32. The molecule has 0 atom stereocenters. The lowest BCUT2D eigenvalue weighted by atomic mass is 10.1. The van der Waals surface area contributed by atoms with Crippen LogP contribution in [0.2, 0.25) is 0 Å². The topological polar surface area (TPSA) is 50.5 Å². The van der Waals surface area contributed by atoms with Crippen molar-refractivity contribution in [3.05, 3.63) is 53.3 Å². The van der Waals surface area contributed by atoms with Crippen LogP contribution in [-0.4, -0.2) is 38.5 Å². The molecular weight excluding hydrogens is 369 g/mol. The number of aryl methyl sites for hydroxylation is 1. The second kappa shape index (κ2) is 6.92. The zero-order chi connectivity index (χ0) is 19.9. The fourth-order valence-electron chi connectivity index (χ4n) is 3.41. The lowest BCUT2D eigenvalue weighted by Gasteiger charge is -2.25. The molecule has 5 nitrogen and oxygen atoms in total. The fraction of sp³-hybridized carbons (Fsp3) is 0.350. The molecule has 4 rings (SSSR count). The summed E-state index contributed by atoms with van der Waals surface area (Å²) in [4.78, 5) is 18.6. The van der Waals surface area contributed by atoms with Gasteiger partial charge in [-0.2, -0.15) is 18.3 Å². The van der Waals surface area contributed by atoms with Gasteiger partial charge in [-0.05, 0) is 32.3 Å². The number of rotatable bonds is 2. The van der Waals surface area contributed by atoms with Crippen molar-refractivity contribution in [1.82, 2.24) is 19.5 Å². The smallest absolute Gasteiger partial charge is 0.337 e. The summed E-state index contributed by atoms with van der Waals surface area (Å²) in [6.45, 7) is 3.10. The molecule has 1 amide bonds. The Kier molecular flexibility index (Phi) is 4.56. The second-order valence-electron chi connectivity index (χ2n) is 7.04. The van der Waals surface area contributed by atoms with Crippen LogP contribution >= 0.6 is 0 Å². The van der Waals surface area contributed by atoms with Gasteiger partial charge in [-0.1, -0.05) is 29.8 Å². The Morgan fingerprint density at radius 2 is 1.71 bits per heavy atom. The Morgan fingerprint density at radius 1 is 1.04 bits per heavy atom. The minimum Gasteiger partial charge on any atom is -0.337 e. The molecule has 8 heteroatoms. The summed E-state index contributed by atoms with van der Waals surface area (Å²) in [6.07, 6.45) is -1.79. The van der Waals surface area contributed by atoms with Crippen molar-refractivity contribution in [1.29, 1.82) is 0 Å². The van der Waals surface area contributed by atoms with Gasteiger partial charge < -0.3 is 4.90 Å². The monoisotopic (exact) mass is 388 g/mol. The van der Waals surface area contributed by atoms with E-state index in [1.165, 1.54) is 6.07 Å². The molecule has 28 heavy (non-hydrogen) atoms. The maximum Gasteiger partial charge on any atom is 0.433 e. The van der Waals surface area contributed by atoms with E-state index in [-0.39, 0.29) is 22.9 Å². The minimum atomic E-state index is -4.63. The van der Waals surface area contributed by atoms with Crippen LogP contribution in [0.25, 0.3) is 16.9 Å². The van der Waals surface area contributed by atoms with Crippen molar-refractivity contribution in [3.63, 3.8) is 0 Å². The van der Waals surface area contributed by atoms with Gasteiger partial charge in [0.1, 0.15) is 0 Å². The normalized spacial score (nSPS) is 15.2. The number of alkyl halides is 3. The van der Waals surface area contributed by atoms with Crippen molar-refractivity contribution < 1.29 is 18.0 Å². The van der Waals surface area contributed by atoms with E-state index in [1.54, 1.807) is 17.0 Å². The number of amides is 1. The average molecular weight is 388 g/mol. The summed E-state index contributed by atoms with van der Waals surface area (Å²) in [6, 6.07) is 9.39. The molecule has 3 heterocycles. The van der Waals surface area contributed by atoms with E-state index in [0.717, 1.165) is 35.4 Å². The fourth-order valence-corrected chi connectivity index (χ4v) is 3.41. The first-order valence-electron chi connectivity index (χ1n) is 9.17. The zero-order valence-electron chi connectivity index (χ0n) is 15.3. The van der Waals surface area contributed by atoms with Crippen molar-refractivity contribution in [3.8, 4) is 11.3 Å². The lowest BCUT2D eigenvalue weighted by molar-refractivity contribution is -0.142. The van der Waals surface area contributed by atoms with Crippen molar-refractivity contribution in [2.45, 2.75) is 32.4 Å². The van der Waals surface area contributed by atoms with Gasteiger partial charge in [0.15, 0.2) is 17.0 Å². The Hall–Kier alpha value is -2.90. The summed E-state index contributed by atoms with van der Waals surface area (Å²) in [5.74, 6) is -0.352. The highest BCUT2D eigenvalue weighted by atomic mass is 19.4. The summed E-state index contributed by atoms with van der Waals surface area (Å²) in [5.41, 5.74) is 0.803. The van der Waals surface area contributed by atoms with Gasteiger partial charge in [-0.15, -0.1) is 0 Å². The molecule has 0 saturated carbocycles. The second-order valence-corrected chi connectivity index (χ2v) is 7.04. The van der Waals surface area contributed by atoms with Gasteiger partial charge in [-0.3, -0.25) is 4.79 Å². The third-order valence-electron chi connectivity index (χ3n) is 4.93. The first-order valence-corrected chi connectivity index (χ1v) is 9.17. The summed E-state index contributed by atoms with van der Waals surface area (Å²) < 4.78 is 41.7. The van der Waals surface area contributed by atoms with E-state index in [4.69, 9.17) is 0 Å². The van der Waals surface area contributed by atoms with Crippen molar-refractivity contribution >= 4 is 11.6 Å². The third-order valence-corrected chi connectivity index (χ3v) is 4.93. The number of carbonyl (C=O) groups is 1. The maximum atomic E-state index is 13.7. The lowest BCUT2D eigenvalue weighted by Crippen LogP contribution is -2.35. The van der Waals surface area contributed by atoms with Crippen LogP contribution in [0.3, 0.4) is 0 Å². The maximum absolute atomic E-state index is 13.7. The van der Waals surface area contributed by atoms with Gasteiger partial charge in [0, 0.05) is 24.7 Å². The van der Waals surface area contributed by atoms with Crippen LogP contribution < -0.4 is 0 Å². The molecule has 0 N–H and O–H groups in total. The Morgan fingerprint density at radius 3 is 2.36 bits per heavy atom. The number of hydrogen-bond donors (Lipinski definition) is 0. The first-order chi connectivity index (χ1) is 13.3. The van der Waals surface area contributed by atoms with E-state index in [2.05, 4.69) is 10.1 Å². The van der Waals surface area contributed by atoms with Gasteiger partial charge in [0.05, 0.1) is 5.69 Å². The third kappa shape index (κ3) is 3.46. The summed E-state index contributed by atoms with van der Waals surface area (Å²) in [7, 11) is 0. The minimum absolute atomic E-state index is 0.00533. The summed E-state index contributed by atoms with van der Waals surface area (Å²) in [5, 5.41) is 3.95. The molecule has 1 fully saturated rings. The van der Waals surface area contributed by atoms with Gasteiger partial charge in [0.2, 0.25) is 0 Å². The van der Waals surface area contributed by atoms with Crippen LogP contribution in [0.15, 0.2) is 36.4 Å². The van der Waals surface area contributed by atoms with E-state index in [9.17, 15) is 18.0 Å². The van der Waals surface area contributed by atoms with Crippen LogP contribution in [0.1, 0.15) is 41.0 Å². The number of fused-ring (bicyclic) bond motifs is 1. The first kappa shape index (κ1) is 18.5. The molecule has 0 unspecified atom stereocenters. The van der Waals surface area contributed by atoms with E-state index in [1.807, 2.05) is 19.1 Å². The molecule has 0 bridgehead atoms. The largest absolute Gasteiger partial charge is 0.433 e. The van der Waals surface area contributed by atoms with Gasteiger partial charge in [0.25, 0.3) is 5.91 Å². The van der Waals surface area contributed by atoms with Crippen LogP contribution in [0.5, 0.6) is 0 Å². The number of nitrogens with zero attached hydrogens (tertiary/aromatic N) is 4. The SMILES string of the molecule is Cc1ccc(-c2cc(C(F)(F)F)n3nc(C(=O)N4CCCCC4)cc3n2)cc1. The van der Waals surface area contributed by atoms with Gasteiger partial charge >= 0.3 is 6.18 Å². The Bertz CT molecular complexity index is 1020. The van der Waals surface area contributed by atoms with E-state index in [0.29, 0.717) is 18.7 Å². The molecule has 0 spiro atoms. The molecule has 1 aromatic carbocycles. The predicted molar refractivity (Wildman–Crippen MR) is 97.9 cm³/mol. The number of piperidine rings is 1. The Labute approximate surface area is 159 Å². The van der Waals surface area contributed by atoms with Crippen LogP contribution in [-0.2, 0) is 6.18 Å². The van der Waals surface area contributed by atoms with Crippen molar-refractivity contribution in [2.24, 2.45) is 0 Å². The highest BCUT2D eigenvalue weighted by molar-refractivity contribution is 5.93. The molecule has 0 radical (unpaired) electrons. The number of aromatic nitrogens is 3. The molecule has 146 valence electrons. The van der Waals surface area contributed by atoms with Gasteiger partial charge in [-0.25, -0.2) is 9.50 Å². The Balaban J connectivity index is 1.82. The molecule has 3 aromatic rings. The quantitative estimate of drug-likeness (QED) is 0.656. The average Bonchev–Trinajstić information content (AvgIpc) is 3.11. The van der Waals surface area contributed by atoms with Crippen LogP contribution in [0, 0.1) is 6.92 Å². The predicted octanol–water partition coefficient (Wildman–Crippen LogP) is 4.35. The summed E-state index contributed by atoms with van der Waals surface area (Å²) >= 11 is 0. The standard InChI is InChI=1S/C20H19F3N4O/c1-13-5-7-14(8-6-13)15-11-17(20(21,22)23)27-18(24-15)12-16(25-27)19(28)26-9-3-2-4-10-26/h5-8,11-12H,2-4,9-10H2,1H3. The highest BCUT2D eigenvalue weighted by Gasteiger charge is 2.36. The molecule has 1 saturated heterocycles. The van der Waals surface area contributed by atoms with Crippen LogP contribution in [0.4, 0.5) is 13.2 Å². The van der Waals surface area contributed by atoms with E-state index < -0.39 is 11.9 Å². The number of carbonyl (C=O) groups excluding carboxylic acids is 1. The molecule has 1 aliphatic rings. The number of hydrogen-bond acceptors (Lipinski definition) is 3. The van der Waals surface area contributed by atoms with Crippen molar-refractivity contribution in [2.75, 3.05) is 13.1 Å². The van der Waals surface area contributed by atoms with E-state index >= 15 is 0 Å². The molecule has 2 aromatic heterocycles. The number of benzene rings is 1. The molecule has 0 aliphatic carbocycles. The molecular formula is C20H19F3N4O. The molecule has 1 aliphatic heterocycles. The zero-order valence-corrected chi connectivity index (χ0v) is 15.3. The number of halogens is 3. The number of likely N-dealkylation sites (tertiary alicyclic amines) is 1.